The fourth-order valence-electron chi connectivity index (χ4n) is 2.16. The van der Waals surface area contributed by atoms with Crippen LogP contribution in [-0.2, 0) is 17.6 Å². The molecule has 0 amide bonds. The van der Waals surface area contributed by atoms with E-state index in [2.05, 4.69) is 17.4 Å². The summed E-state index contributed by atoms with van der Waals surface area (Å²) in [5, 5.41) is 20.7. The van der Waals surface area contributed by atoms with Crippen LogP contribution in [0, 0.1) is 0 Å². The predicted molar refractivity (Wildman–Crippen MR) is 59.3 cm³/mol. The molecule has 0 aromatic heterocycles. The number of hydrogen-bond donors (Lipinski definition) is 3. The average molecular weight is 221 g/mol. The van der Waals surface area contributed by atoms with Gasteiger partial charge in [0.2, 0.25) is 0 Å². The van der Waals surface area contributed by atoms with E-state index in [1.165, 1.54) is 11.1 Å². The van der Waals surface area contributed by atoms with Crippen molar-refractivity contribution < 1.29 is 15.0 Å². The third-order valence-corrected chi connectivity index (χ3v) is 2.97. The van der Waals surface area contributed by atoms with Gasteiger partial charge in [0, 0.05) is 6.04 Å². The zero-order chi connectivity index (χ0) is 11.5. The molecule has 0 spiro atoms. The van der Waals surface area contributed by atoms with E-state index in [1.54, 1.807) is 0 Å². The van der Waals surface area contributed by atoms with Gasteiger partial charge in [-0.15, -0.1) is 0 Å². The van der Waals surface area contributed by atoms with Crippen molar-refractivity contribution in [2.45, 2.75) is 24.9 Å². The van der Waals surface area contributed by atoms with Crippen LogP contribution in [0.15, 0.2) is 24.3 Å². The van der Waals surface area contributed by atoms with Crippen molar-refractivity contribution in [1.29, 1.82) is 0 Å². The Balaban J connectivity index is 1.99. The van der Waals surface area contributed by atoms with E-state index in [0.29, 0.717) is 0 Å². The Labute approximate surface area is 93.9 Å². The van der Waals surface area contributed by atoms with Gasteiger partial charge in [-0.25, -0.2) is 0 Å². The van der Waals surface area contributed by atoms with E-state index >= 15 is 0 Å². The van der Waals surface area contributed by atoms with E-state index in [9.17, 15) is 4.79 Å². The highest BCUT2D eigenvalue weighted by atomic mass is 16.4. The Hall–Kier alpha value is -1.39. The quantitative estimate of drug-likeness (QED) is 0.679. The number of carboxylic acids is 1. The van der Waals surface area contributed by atoms with Crippen LogP contribution in [0.4, 0.5) is 0 Å². The first-order chi connectivity index (χ1) is 7.70. The van der Waals surface area contributed by atoms with Gasteiger partial charge >= 0.3 is 5.97 Å². The van der Waals surface area contributed by atoms with Gasteiger partial charge in [0.15, 0.2) is 0 Å². The van der Waals surface area contributed by atoms with Crippen molar-refractivity contribution in [3.8, 4) is 0 Å². The molecule has 0 saturated carbocycles. The first kappa shape index (κ1) is 11.1. The Morgan fingerprint density at radius 3 is 2.38 bits per heavy atom. The summed E-state index contributed by atoms with van der Waals surface area (Å²) in [6, 6.07) is 7.35. The molecule has 86 valence electrons. The lowest BCUT2D eigenvalue weighted by atomic mass is 10.1. The molecule has 1 atom stereocenters. The molecule has 0 saturated heterocycles. The highest BCUT2D eigenvalue weighted by Gasteiger charge is 2.25. The zero-order valence-corrected chi connectivity index (χ0v) is 8.89. The van der Waals surface area contributed by atoms with Crippen LogP contribution in [0.25, 0.3) is 0 Å². The van der Waals surface area contributed by atoms with Gasteiger partial charge in [-0.1, -0.05) is 24.3 Å². The first-order valence-electron chi connectivity index (χ1n) is 5.37. The lowest BCUT2D eigenvalue weighted by molar-refractivity contribution is -0.140. The number of aliphatic carboxylic acids is 1. The summed E-state index contributed by atoms with van der Waals surface area (Å²) in [6.07, 6.45) is 1.67. The molecule has 0 heterocycles. The van der Waals surface area contributed by atoms with Crippen molar-refractivity contribution in [3.63, 3.8) is 0 Å². The number of fused-ring (bicyclic) bond motifs is 1. The number of aliphatic hydroxyl groups excluding tert-OH is 1. The van der Waals surface area contributed by atoms with Gasteiger partial charge in [-0.3, -0.25) is 10.1 Å². The molecular formula is C12H15NO3. The van der Waals surface area contributed by atoms with Gasteiger partial charge < -0.3 is 10.2 Å². The lowest BCUT2D eigenvalue weighted by Gasteiger charge is -2.17. The Morgan fingerprint density at radius 2 is 1.94 bits per heavy atom. The highest BCUT2D eigenvalue weighted by molar-refractivity contribution is 5.73. The van der Waals surface area contributed by atoms with E-state index in [0.717, 1.165) is 12.8 Å². The normalized spacial score (nSPS) is 17.1. The number of rotatable bonds is 4. The fraction of sp³-hybridized carbons (Fsp3) is 0.417. The zero-order valence-electron chi connectivity index (χ0n) is 8.89. The molecule has 4 nitrogen and oxygen atoms in total. The Kier molecular flexibility index (Phi) is 3.22. The third kappa shape index (κ3) is 2.23. The summed E-state index contributed by atoms with van der Waals surface area (Å²) in [5.74, 6) is -1.00. The molecule has 1 aliphatic carbocycles. The SMILES string of the molecule is O=C(O)C(CO)NC1Cc2ccccc2C1. The minimum absolute atomic E-state index is 0.116. The maximum absolute atomic E-state index is 10.8. The van der Waals surface area contributed by atoms with Crippen LogP contribution in [-0.4, -0.2) is 34.9 Å². The lowest BCUT2D eigenvalue weighted by Crippen LogP contribution is -2.46. The molecule has 0 bridgehead atoms. The summed E-state index contributed by atoms with van der Waals surface area (Å²) in [7, 11) is 0. The second-order valence-electron chi connectivity index (χ2n) is 4.11. The van der Waals surface area contributed by atoms with Gasteiger partial charge in [-0.05, 0) is 24.0 Å². The smallest absolute Gasteiger partial charge is 0.323 e. The van der Waals surface area contributed by atoms with Crippen LogP contribution >= 0.6 is 0 Å². The minimum Gasteiger partial charge on any atom is -0.480 e. The van der Waals surface area contributed by atoms with Crippen LogP contribution < -0.4 is 5.32 Å². The second-order valence-corrected chi connectivity index (χ2v) is 4.11. The summed E-state index contributed by atoms with van der Waals surface area (Å²) in [4.78, 5) is 10.8. The van der Waals surface area contributed by atoms with E-state index in [1.807, 2.05) is 12.1 Å². The molecule has 0 fully saturated rings. The minimum atomic E-state index is -1.00. The average Bonchev–Trinajstić information content (AvgIpc) is 2.67. The first-order valence-corrected chi connectivity index (χ1v) is 5.37. The highest BCUT2D eigenvalue weighted by Crippen LogP contribution is 2.21. The molecule has 16 heavy (non-hydrogen) atoms. The Bertz CT molecular complexity index is 367. The standard InChI is InChI=1S/C12H15NO3/c14-7-11(12(15)16)13-10-5-8-3-1-2-4-9(8)6-10/h1-4,10-11,13-14H,5-7H2,(H,15,16). The fourth-order valence-corrected chi connectivity index (χ4v) is 2.16. The van der Waals surface area contributed by atoms with E-state index < -0.39 is 12.0 Å². The van der Waals surface area contributed by atoms with Gasteiger partial charge in [0.1, 0.15) is 6.04 Å². The van der Waals surface area contributed by atoms with Crippen LogP contribution in [0.1, 0.15) is 11.1 Å². The summed E-state index contributed by atoms with van der Waals surface area (Å²) in [5.41, 5.74) is 2.53. The van der Waals surface area contributed by atoms with Gasteiger partial charge in [0.25, 0.3) is 0 Å². The van der Waals surface area contributed by atoms with Gasteiger partial charge in [0.05, 0.1) is 6.61 Å². The topological polar surface area (TPSA) is 69.6 Å². The largest absolute Gasteiger partial charge is 0.480 e. The number of carbonyl (C=O) groups is 1. The van der Waals surface area contributed by atoms with Crippen molar-refractivity contribution in [3.05, 3.63) is 35.4 Å². The molecule has 1 aromatic rings. The number of aliphatic hydroxyl groups is 1. The van der Waals surface area contributed by atoms with E-state index in [4.69, 9.17) is 10.2 Å². The van der Waals surface area contributed by atoms with Crippen molar-refractivity contribution >= 4 is 5.97 Å². The van der Waals surface area contributed by atoms with Crippen LogP contribution in [0.3, 0.4) is 0 Å². The monoisotopic (exact) mass is 221 g/mol. The molecule has 3 N–H and O–H groups in total. The number of hydrogen-bond acceptors (Lipinski definition) is 3. The summed E-state index contributed by atoms with van der Waals surface area (Å²) in [6.45, 7) is -0.373. The maximum atomic E-state index is 10.8. The van der Waals surface area contributed by atoms with Crippen LogP contribution in [0.2, 0.25) is 0 Å². The molecule has 4 heteroatoms. The third-order valence-electron chi connectivity index (χ3n) is 2.97. The maximum Gasteiger partial charge on any atom is 0.323 e. The molecule has 1 unspecified atom stereocenters. The van der Waals surface area contributed by atoms with E-state index in [-0.39, 0.29) is 12.6 Å². The Morgan fingerprint density at radius 1 is 1.38 bits per heavy atom. The number of nitrogens with one attached hydrogen (secondary N) is 1. The molecule has 0 radical (unpaired) electrons. The molecular weight excluding hydrogens is 206 g/mol. The summed E-state index contributed by atoms with van der Waals surface area (Å²) >= 11 is 0. The summed E-state index contributed by atoms with van der Waals surface area (Å²) < 4.78 is 0. The van der Waals surface area contributed by atoms with Crippen LogP contribution in [0.5, 0.6) is 0 Å². The number of carboxylic acid groups (broad SMARTS) is 1. The van der Waals surface area contributed by atoms with Crippen molar-refractivity contribution in [2.24, 2.45) is 0 Å². The predicted octanol–water partition coefficient (Wildman–Crippen LogP) is 0.189. The molecule has 2 rings (SSSR count). The van der Waals surface area contributed by atoms with Crippen molar-refractivity contribution in [1.82, 2.24) is 5.32 Å². The molecule has 1 aromatic carbocycles. The van der Waals surface area contributed by atoms with Gasteiger partial charge in [-0.2, -0.15) is 0 Å². The second kappa shape index (κ2) is 4.63. The number of benzene rings is 1. The van der Waals surface area contributed by atoms with Crippen molar-refractivity contribution in [2.75, 3.05) is 6.61 Å². The molecule has 0 aliphatic heterocycles. The molecule has 1 aliphatic rings.